The van der Waals surface area contributed by atoms with Gasteiger partial charge in [0.2, 0.25) is 0 Å². The zero-order valence-electron chi connectivity index (χ0n) is 10.2. The van der Waals surface area contributed by atoms with Crippen molar-refractivity contribution < 1.29 is 0 Å². The molecule has 0 aliphatic heterocycles. The monoisotopic (exact) mass is 197 g/mol. The van der Waals surface area contributed by atoms with E-state index in [2.05, 4.69) is 20.8 Å². The van der Waals surface area contributed by atoms with E-state index in [1.807, 2.05) is 0 Å². The van der Waals surface area contributed by atoms with Crippen LogP contribution in [0.4, 0.5) is 0 Å². The molecular weight excluding hydrogens is 170 g/mol. The van der Waals surface area contributed by atoms with Gasteiger partial charge in [-0.25, -0.2) is 0 Å². The largest absolute Gasteiger partial charge is 0.327 e. The van der Waals surface area contributed by atoms with Crippen molar-refractivity contribution in [1.82, 2.24) is 0 Å². The van der Waals surface area contributed by atoms with Crippen LogP contribution >= 0.6 is 0 Å². The first-order chi connectivity index (χ1) is 6.70. The van der Waals surface area contributed by atoms with Crippen LogP contribution in [0.25, 0.3) is 0 Å². The molecule has 1 saturated carbocycles. The Kier molecular flexibility index (Phi) is 4.43. The van der Waals surface area contributed by atoms with E-state index in [1.165, 1.54) is 44.9 Å². The van der Waals surface area contributed by atoms with E-state index >= 15 is 0 Å². The summed E-state index contributed by atoms with van der Waals surface area (Å²) in [6.45, 7) is 6.90. The molecule has 1 aliphatic carbocycles. The smallest absolute Gasteiger partial charge is 0.0124 e. The maximum atomic E-state index is 6.49. The molecule has 1 unspecified atom stereocenters. The number of hydrogen-bond donors (Lipinski definition) is 1. The van der Waals surface area contributed by atoms with Crippen molar-refractivity contribution in [3.8, 4) is 0 Å². The minimum Gasteiger partial charge on any atom is -0.327 e. The Morgan fingerprint density at radius 3 is 1.93 bits per heavy atom. The van der Waals surface area contributed by atoms with Crippen molar-refractivity contribution in [3.05, 3.63) is 0 Å². The predicted octanol–water partition coefficient (Wildman–Crippen LogP) is 3.72. The fraction of sp³-hybridized carbons (Fsp3) is 1.00. The second kappa shape index (κ2) is 5.16. The summed E-state index contributed by atoms with van der Waals surface area (Å²) < 4.78 is 0. The summed E-state index contributed by atoms with van der Waals surface area (Å²) in [5.41, 5.74) is 6.99. The molecule has 1 rings (SSSR count). The summed E-state index contributed by atoms with van der Waals surface area (Å²) >= 11 is 0. The van der Waals surface area contributed by atoms with Crippen molar-refractivity contribution in [3.63, 3.8) is 0 Å². The highest BCUT2D eigenvalue weighted by atomic mass is 14.7. The van der Waals surface area contributed by atoms with Gasteiger partial charge in [-0.3, -0.25) is 0 Å². The van der Waals surface area contributed by atoms with E-state index in [9.17, 15) is 0 Å². The molecule has 2 N–H and O–H groups in total. The molecule has 0 bridgehead atoms. The summed E-state index contributed by atoms with van der Waals surface area (Å²) in [6, 6.07) is 0.449. The van der Waals surface area contributed by atoms with Crippen LogP contribution in [0.3, 0.4) is 0 Å². The standard InChI is InChI=1S/C13H27N/c1-4-11(5-2)12(14)13(6-3)9-7-8-10-13/h11-12H,4-10,14H2,1-3H3. The molecule has 0 radical (unpaired) electrons. The van der Waals surface area contributed by atoms with Crippen LogP contribution in [-0.4, -0.2) is 6.04 Å². The van der Waals surface area contributed by atoms with E-state index < -0.39 is 0 Å². The van der Waals surface area contributed by atoms with Crippen LogP contribution < -0.4 is 5.73 Å². The topological polar surface area (TPSA) is 26.0 Å². The molecule has 1 heteroatoms. The van der Waals surface area contributed by atoms with Crippen molar-refractivity contribution in [1.29, 1.82) is 0 Å². The second-order valence-electron chi connectivity index (χ2n) is 5.03. The van der Waals surface area contributed by atoms with Gasteiger partial charge in [0.25, 0.3) is 0 Å². The first-order valence-electron chi connectivity index (χ1n) is 6.45. The molecule has 0 heterocycles. The molecule has 14 heavy (non-hydrogen) atoms. The second-order valence-corrected chi connectivity index (χ2v) is 5.03. The van der Waals surface area contributed by atoms with E-state index in [4.69, 9.17) is 5.73 Å². The summed E-state index contributed by atoms with van der Waals surface area (Å²) in [5, 5.41) is 0. The zero-order chi connectivity index (χ0) is 10.6. The quantitative estimate of drug-likeness (QED) is 0.714. The van der Waals surface area contributed by atoms with E-state index in [1.54, 1.807) is 0 Å². The Hall–Kier alpha value is -0.0400. The zero-order valence-corrected chi connectivity index (χ0v) is 10.2. The Morgan fingerprint density at radius 2 is 1.57 bits per heavy atom. The highest BCUT2D eigenvalue weighted by molar-refractivity contribution is 4.94. The summed E-state index contributed by atoms with van der Waals surface area (Å²) in [7, 11) is 0. The van der Waals surface area contributed by atoms with Crippen LogP contribution in [-0.2, 0) is 0 Å². The third-order valence-electron chi connectivity index (χ3n) is 4.57. The van der Waals surface area contributed by atoms with E-state index in [0.29, 0.717) is 11.5 Å². The minimum atomic E-state index is 0.449. The predicted molar refractivity (Wildman–Crippen MR) is 63.2 cm³/mol. The molecule has 1 nitrogen and oxygen atoms in total. The van der Waals surface area contributed by atoms with Crippen molar-refractivity contribution >= 4 is 0 Å². The van der Waals surface area contributed by atoms with Gasteiger partial charge in [0.05, 0.1) is 0 Å². The highest BCUT2D eigenvalue weighted by Crippen LogP contribution is 2.45. The Morgan fingerprint density at radius 1 is 1.07 bits per heavy atom. The molecule has 0 aromatic rings. The average molecular weight is 197 g/mol. The van der Waals surface area contributed by atoms with Gasteiger partial charge in [0.1, 0.15) is 0 Å². The third-order valence-corrected chi connectivity index (χ3v) is 4.57. The van der Waals surface area contributed by atoms with Crippen molar-refractivity contribution in [2.45, 2.75) is 71.8 Å². The fourth-order valence-electron chi connectivity index (χ4n) is 3.30. The summed E-state index contributed by atoms with van der Waals surface area (Å²) in [4.78, 5) is 0. The Balaban J connectivity index is 2.67. The Labute approximate surface area is 89.5 Å². The molecular formula is C13H27N. The number of hydrogen-bond acceptors (Lipinski definition) is 1. The lowest BCUT2D eigenvalue weighted by atomic mass is 9.70. The summed E-state index contributed by atoms with van der Waals surface area (Å²) in [5.74, 6) is 0.744. The van der Waals surface area contributed by atoms with Crippen LogP contribution in [0.1, 0.15) is 65.7 Å². The first-order valence-corrected chi connectivity index (χ1v) is 6.45. The summed E-state index contributed by atoms with van der Waals surface area (Å²) in [6.07, 6.45) is 9.34. The third kappa shape index (κ3) is 2.13. The van der Waals surface area contributed by atoms with Gasteiger partial charge >= 0.3 is 0 Å². The van der Waals surface area contributed by atoms with Crippen LogP contribution in [0.2, 0.25) is 0 Å². The molecule has 1 aliphatic rings. The van der Waals surface area contributed by atoms with Crippen molar-refractivity contribution in [2.75, 3.05) is 0 Å². The molecule has 0 amide bonds. The van der Waals surface area contributed by atoms with Crippen LogP contribution in [0.5, 0.6) is 0 Å². The molecule has 84 valence electrons. The maximum absolute atomic E-state index is 6.49. The van der Waals surface area contributed by atoms with Gasteiger partial charge in [-0.15, -0.1) is 0 Å². The van der Waals surface area contributed by atoms with E-state index in [-0.39, 0.29) is 0 Å². The fourth-order valence-corrected chi connectivity index (χ4v) is 3.30. The molecule has 0 saturated heterocycles. The van der Waals surface area contributed by atoms with Gasteiger partial charge in [0, 0.05) is 6.04 Å². The van der Waals surface area contributed by atoms with E-state index in [0.717, 1.165) is 5.92 Å². The van der Waals surface area contributed by atoms with Gasteiger partial charge in [-0.05, 0) is 30.6 Å². The SMILES string of the molecule is CCC(CC)C(N)C1(CC)CCCC1. The van der Waals surface area contributed by atoms with Crippen molar-refractivity contribution in [2.24, 2.45) is 17.1 Å². The highest BCUT2D eigenvalue weighted by Gasteiger charge is 2.40. The average Bonchev–Trinajstić information content (AvgIpc) is 2.69. The first kappa shape index (κ1) is 12.0. The van der Waals surface area contributed by atoms with Crippen LogP contribution in [0.15, 0.2) is 0 Å². The number of rotatable bonds is 5. The lowest BCUT2D eigenvalue weighted by Gasteiger charge is -2.39. The molecule has 1 atom stereocenters. The minimum absolute atomic E-state index is 0.449. The Bertz CT molecular complexity index is 155. The van der Waals surface area contributed by atoms with Gasteiger partial charge in [-0.2, -0.15) is 0 Å². The lowest BCUT2D eigenvalue weighted by molar-refractivity contribution is 0.159. The van der Waals surface area contributed by atoms with Crippen LogP contribution in [0, 0.1) is 11.3 Å². The lowest BCUT2D eigenvalue weighted by Crippen LogP contribution is -2.44. The molecule has 1 fully saturated rings. The molecule has 0 aromatic heterocycles. The maximum Gasteiger partial charge on any atom is 0.0124 e. The van der Waals surface area contributed by atoms with Gasteiger partial charge in [-0.1, -0.05) is 46.5 Å². The number of nitrogens with two attached hydrogens (primary N) is 1. The molecule has 0 spiro atoms. The normalized spacial score (nSPS) is 22.9. The molecule has 0 aromatic carbocycles. The van der Waals surface area contributed by atoms with Gasteiger partial charge < -0.3 is 5.73 Å². The van der Waals surface area contributed by atoms with Gasteiger partial charge in [0.15, 0.2) is 0 Å².